The summed E-state index contributed by atoms with van der Waals surface area (Å²) >= 11 is 0. The smallest absolute Gasteiger partial charge is 0.0326 e. The second-order valence-electron chi connectivity index (χ2n) is 5.09. The van der Waals surface area contributed by atoms with Gasteiger partial charge in [0.2, 0.25) is 0 Å². The number of rotatable bonds is 3. The minimum atomic E-state index is 0.523. The lowest BCUT2D eigenvalue weighted by molar-refractivity contribution is 0.532. The highest BCUT2D eigenvalue weighted by Crippen LogP contribution is 2.41. The average Bonchev–Trinajstić information content (AvgIpc) is 2.78. The summed E-state index contributed by atoms with van der Waals surface area (Å²) in [6, 6.07) is 20.2. The van der Waals surface area contributed by atoms with Crippen LogP contribution in [-0.4, -0.2) is 7.05 Å². The summed E-state index contributed by atoms with van der Waals surface area (Å²) in [5, 5.41) is 3.44. The maximum Gasteiger partial charge on any atom is 0.0326 e. The zero-order valence-electron chi connectivity index (χ0n) is 10.8. The van der Waals surface area contributed by atoms with Crippen molar-refractivity contribution in [1.29, 1.82) is 0 Å². The van der Waals surface area contributed by atoms with Crippen LogP contribution in [0.15, 0.2) is 54.6 Å². The number of hydrogen-bond donors (Lipinski definition) is 1. The minimum absolute atomic E-state index is 0.523. The normalized spacial score (nSPS) is 21.8. The Morgan fingerprint density at radius 1 is 0.944 bits per heavy atom. The van der Waals surface area contributed by atoms with Gasteiger partial charge in [-0.15, -0.1) is 0 Å². The monoisotopic (exact) mass is 237 g/mol. The molecule has 3 rings (SSSR count). The lowest BCUT2D eigenvalue weighted by Gasteiger charge is -2.12. The van der Waals surface area contributed by atoms with Crippen molar-refractivity contribution >= 4 is 0 Å². The first-order valence-corrected chi connectivity index (χ1v) is 6.68. The van der Waals surface area contributed by atoms with E-state index in [1.54, 1.807) is 0 Å². The van der Waals surface area contributed by atoms with Crippen molar-refractivity contribution in [1.82, 2.24) is 5.32 Å². The van der Waals surface area contributed by atoms with Crippen LogP contribution in [0.25, 0.3) is 0 Å². The molecule has 0 heterocycles. The Labute approximate surface area is 109 Å². The van der Waals surface area contributed by atoms with Gasteiger partial charge in [0.1, 0.15) is 0 Å². The molecule has 2 aromatic rings. The molecule has 0 unspecified atom stereocenters. The molecule has 0 amide bonds. The van der Waals surface area contributed by atoms with Crippen LogP contribution in [0, 0.1) is 0 Å². The van der Waals surface area contributed by atoms with Crippen LogP contribution >= 0.6 is 0 Å². The molecule has 1 aliphatic rings. The molecule has 0 radical (unpaired) electrons. The van der Waals surface area contributed by atoms with Crippen LogP contribution in [-0.2, 0) is 6.42 Å². The van der Waals surface area contributed by atoms with Gasteiger partial charge in [0, 0.05) is 6.04 Å². The molecule has 0 saturated carbocycles. The van der Waals surface area contributed by atoms with Crippen molar-refractivity contribution in [2.45, 2.75) is 24.8 Å². The van der Waals surface area contributed by atoms with Crippen molar-refractivity contribution in [2.75, 3.05) is 7.05 Å². The molecule has 0 saturated heterocycles. The summed E-state index contributed by atoms with van der Waals surface area (Å²) in [7, 11) is 2.06. The van der Waals surface area contributed by atoms with E-state index in [1.165, 1.54) is 23.1 Å². The highest BCUT2D eigenvalue weighted by molar-refractivity contribution is 5.39. The molecule has 1 heteroatoms. The largest absolute Gasteiger partial charge is 0.313 e. The standard InChI is InChI=1S/C17H19N/c1-18-17-12-14(11-13-7-3-2-4-8-13)15-9-5-6-10-16(15)17/h2-10,14,17-18H,11-12H2,1H3/t14-,17-/m1/s1. The molecule has 0 aromatic heterocycles. The molecule has 0 fully saturated rings. The number of nitrogens with one attached hydrogen (secondary N) is 1. The van der Waals surface area contributed by atoms with E-state index in [2.05, 4.69) is 67.0 Å². The predicted octanol–water partition coefficient (Wildman–Crippen LogP) is 3.68. The Bertz CT molecular complexity index is 518. The third-order valence-corrected chi connectivity index (χ3v) is 4.00. The Morgan fingerprint density at radius 3 is 2.33 bits per heavy atom. The average molecular weight is 237 g/mol. The Morgan fingerprint density at radius 2 is 1.61 bits per heavy atom. The Balaban J connectivity index is 1.87. The molecule has 1 N–H and O–H groups in total. The summed E-state index contributed by atoms with van der Waals surface area (Å²) < 4.78 is 0. The van der Waals surface area contributed by atoms with E-state index in [9.17, 15) is 0 Å². The highest BCUT2D eigenvalue weighted by atomic mass is 14.9. The molecule has 0 aliphatic heterocycles. The van der Waals surface area contributed by atoms with E-state index in [4.69, 9.17) is 0 Å². The van der Waals surface area contributed by atoms with Gasteiger partial charge >= 0.3 is 0 Å². The Kier molecular flexibility index (Phi) is 3.16. The quantitative estimate of drug-likeness (QED) is 0.858. The lowest BCUT2D eigenvalue weighted by Crippen LogP contribution is -2.13. The van der Waals surface area contributed by atoms with Crippen LogP contribution in [0.5, 0.6) is 0 Å². The molecular formula is C17H19N. The lowest BCUT2D eigenvalue weighted by atomic mass is 9.94. The molecule has 18 heavy (non-hydrogen) atoms. The summed E-state index contributed by atoms with van der Waals surface area (Å²) in [5.41, 5.74) is 4.45. The summed E-state index contributed by atoms with van der Waals surface area (Å²) in [5.74, 6) is 0.654. The second-order valence-corrected chi connectivity index (χ2v) is 5.09. The van der Waals surface area contributed by atoms with E-state index in [-0.39, 0.29) is 0 Å². The molecular weight excluding hydrogens is 218 g/mol. The third-order valence-electron chi connectivity index (χ3n) is 4.00. The first kappa shape index (κ1) is 11.5. The van der Waals surface area contributed by atoms with Gasteiger partial charge in [-0.3, -0.25) is 0 Å². The van der Waals surface area contributed by atoms with E-state index in [0.29, 0.717) is 12.0 Å². The number of hydrogen-bond acceptors (Lipinski definition) is 1. The summed E-state index contributed by atoms with van der Waals surface area (Å²) in [6.45, 7) is 0. The van der Waals surface area contributed by atoms with Gasteiger partial charge in [-0.05, 0) is 42.5 Å². The van der Waals surface area contributed by atoms with Crippen LogP contribution in [0.3, 0.4) is 0 Å². The van der Waals surface area contributed by atoms with Gasteiger partial charge < -0.3 is 5.32 Å². The molecule has 2 atom stereocenters. The maximum absolute atomic E-state index is 3.44. The van der Waals surface area contributed by atoms with E-state index >= 15 is 0 Å². The van der Waals surface area contributed by atoms with E-state index in [0.717, 1.165) is 6.42 Å². The minimum Gasteiger partial charge on any atom is -0.313 e. The first-order chi connectivity index (χ1) is 8.88. The second kappa shape index (κ2) is 4.95. The zero-order valence-corrected chi connectivity index (χ0v) is 10.8. The van der Waals surface area contributed by atoms with Gasteiger partial charge in [-0.2, -0.15) is 0 Å². The maximum atomic E-state index is 3.44. The fourth-order valence-corrected chi connectivity index (χ4v) is 3.10. The molecule has 92 valence electrons. The first-order valence-electron chi connectivity index (χ1n) is 6.68. The zero-order chi connectivity index (χ0) is 12.4. The van der Waals surface area contributed by atoms with Crippen molar-refractivity contribution in [3.8, 4) is 0 Å². The fraction of sp³-hybridized carbons (Fsp3) is 0.294. The topological polar surface area (TPSA) is 12.0 Å². The van der Waals surface area contributed by atoms with Crippen molar-refractivity contribution in [2.24, 2.45) is 0 Å². The van der Waals surface area contributed by atoms with Gasteiger partial charge in [0.15, 0.2) is 0 Å². The molecule has 2 aromatic carbocycles. The van der Waals surface area contributed by atoms with Crippen molar-refractivity contribution in [3.63, 3.8) is 0 Å². The fourth-order valence-electron chi connectivity index (χ4n) is 3.10. The summed E-state index contributed by atoms with van der Waals surface area (Å²) in [4.78, 5) is 0. The van der Waals surface area contributed by atoms with Gasteiger partial charge in [-0.25, -0.2) is 0 Å². The van der Waals surface area contributed by atoms with Crippen molar-refractivity contribution in [3.05, 3.63) is 71.3 Å². The SMILES string of the molecule is CN[C@@H]1C[C@@H](Cc2ccccc2)c2ccccc21. The summed E-state index contributed by atoms with van der Waals surface area (Å²) in [6.07, 6.45) is 2.36. The van der Waals surface area contributed by atoms with Crippen molar-refractivity contribution < 1.29 is 0 Å². The molecule has 1 nitrogen and oxygen atoms in total. The van der Waals surface area contributed by atoms with E-state index < -0.39 is 0 Å². The Hall–Kier alpha value is -1.60. The number of benzene rings is 2. The number of fused-ring (bicyclic) bond motifs is 1. The van der Waals surface area contributed by atoms with E-state index in [1.807, 2.05) is 0 Å². The van der Waals surface area contributed by atoms with Crippen LogP contribution < -0.4 is 5.32 Å². The van der Waals surface area contributed by atoms with Crippen LogP contribution in [0.2, 0.25) is 0 Å². The van der Waals surface area contributed by atoms with Crippen LogP contribution in [0.4, 0.5) is 0 Å². The highest BCUT2D eigenvalue weighted by Gasteiger charge is 2.29. The van der Waals surface area contributed by atoms with Gasteiger partial charge in [0.05, 0.1) is 0 Å². The van der Waals surface area contributed by atoms with Crippen LogP contribution in [0.1, 0.15) is 35.1 Å². The van der Waals surface area contributed by atoms with Gasteiger partial charge in [-0.1, -0.05) is 54.6 Å². The molecule has 1 aliphatic carbocycles. The predicted molar refractivity (Wildman–Crippen MR) is 75.7 cm³/mol. The van der Waals surface area contributed by atoms with Gasteiger partial charge in [0.25, 0.3) is 0 Å². The third kappa shape index (κ3) is 2.06. The molecule has 0 spiro atoms. The molecule has 0 bridgehead atoms.